The number of nitrogens with zero attached hydrogens (tertiary/aromatic N) is 8. The van der Waals surface area contributed by atoms with Crippen molar-refractivity contribution in [3.05, 3.63) is 74.0 Å². The molecule has 35 heavy (non-hydrogen) atoms. The number of nitro groups is 2. The highest BCUT2D eigenvalue weighted by Gasteiger charge is 2.26. The van der Waals surface area contributed by atoms with Gasteiger partial charge in [0, 0.05) is 35.4 Å². The van der Waals surface area contributed by atoms with Gasteiger partial charge in [-0.2, -0.15) is 9.78 Å². The van der Waals surface area contributed by atoms with Gasteiger partial charge in [0.25, 0.3) is 17.3 Å². The number of non-ortho nitro benzene ring substituents is 2. The van der Waals surface area contributed by atoms with Crippen molar-refractivity contribution in [3.8, 4) is 22.8 Å². The number of carbonyl (C=O) groups is 1. The minimum Gasteiger partial charge on any atom is -0.507 e. The van der Waals surface area contributed by atoms with E-state index in [0.29, 0.717) is 5.56 Å². The lowest BCUT2D eigenvalue weighted by Crippen LogP contribution is -2.22. The Kier molecular flexibility index (Phi) is 5.78. The number of phenolic OH excluding ortho intramolecular Hbond substituents is 1. The summed E-state index contributed by atoms with van der Waals surface area (Å²) in [6, 6.07) is 8.41. The van der Waals surface area contributed by atoms with Crippen molar-refractivity contribution < 1.29 is 24.4 Å². The molecule has 2 heterocycles. The zero-order valence-corrected chi connectivity index (χ0v) is 17.2. The van der Waals surface area contributed by atoms with E-state index in [9.17, 15) is 30.1 Å². The highest BCUT2D eigenvalue weighted by atomic mass is 16.6. The summed E-state index contributed by atoms with van der Waals surface area (Å²) in [5, 5.41) is 50.3. The number of hydrogen-bond donors (Lipinski definition) is 3. The maximum Gasteiger partial charge on any atom is 0.292 e. The number of aromatic nitrogens is 5. The standard InChI is InChI=1S/C18H12N10O7/c19-16-17(24-35-23-16)26-15(14(21-25-26)9-1-3-11(4-2-9)27(31)32)18(30)22-20-8-10-7-12(28(33)34)5-6-13(10)29/h1-8,29H,(H2,19,23)(H,22,30)/b20-8-. The first kappa shape index (κ1) is 22.5. The lowest BCUT2D eigenvalue weighted by Gasteiger charge is -2.05. The van der Waals surface area contributed by atoms with Gasteiger partial charge in [-0.05, 0) is 28.5 Å². The number of carbonyl (C=O) groups excluding carboxylic acids is 1. The number of nitrogens with one attached hydrogen (secondary N) is 1. The van der Waals surface area contributed by atoms with Crippen LogP contribution in [0.1, 0.15) is 16.1 Å². The molecule has 0 bridgehead atoms. The van der Waals surface area contributed by atoms with Crippen LogP contribution < -0.4 is 11.2 Å². The van der Waals surface area contributed by atoms with E-state index in [1.165, 1.54) is 24.3 Å². The summed E-state index contributed by atoms with van der Waals surface area (Å²) < 4.78 is 5.47. The Bertz CT molecular complexity index is 1480. The van der Waals surface area contributed by atoms with E-state index < -0.39 is 15.8 Å². The molecule has 0 atom stereocenters. The maximum absolute atomic E-state index is 13.0. The van der Waals surface area contributed by atoms with Gasteiger partial charge < -0.3 is 10.8 Å². The van der Waals surface area contributed by atoms with Gasteiger partial charge in [-0.25, -0.2) is 10.1 Å². The fraction of sp³-hybridized carbons (Fsp3) is 0. The van der Waals surface area contributed by atoms with Crippen LogP contribution in [0.15, 0.2) is 52.2 Å². The number of rotatable bonds is 7. The topological polar surface area (TPSA) is 244 Å². The van der Waals surface area contributed by atoms with Gasteiger partial charge in [0.1, 0.15) is 11.4 Å². The Labute approximate surface area is 192 Å². The van der Waals surface area contributed by atoms with Crippen molar-refractivity contribution in [2.24, 2.45) is 5.10 Å². The molecular weight excluding hydrogens is 468 g/mol. The third-order valence-electron chi connectivity index (χ3n) is 4.52. The molecular formula is C18H12N10O7. The molecule has 4 rings (SSSR count). The van der Waals surface area contributed by atoms with E-state index in [1.54, 1.807) is 0 Å². The van der Waals surface area contributed by atoms with Gasteiger partial charge in [0.15, 0.2) is 5.69 Å². The van der Waals surface area contributed by atoms with Crippen molar-refractivity contribution in [2.75, 3.05) is 5.73 Å². The lowest BCUT2D eigenvalue weighted by molar-refractivity contribution is -0.385. The summed E-state index contributed by atoms with van der Waals surface area (Å²) in [6.07, 6.45) is 0.992. The molecule has 4 N–H and O–H groups in total. The molecule has 4 aromatic rings. The van der Waals surface area contributed by atoms with Crippen LogP contribution in [0.3, 0.4) is 0 Å². The van der Waals surface area contributed by atoms with E-state index in [-0.39, 0.29) is 45.7 Å². The number of aromatic hydroxyl groups is 1. The summed E-state index contributed by atoms with van der Waals surface area (Å²) in [6.45, 7) is 0. The molecule has 0 fully saturated rings. The molecule has 176 valence electrons. The Morgan fingerprint density at radius 1 is 1.11 bits per heavy atom. The second-order valence-corrected chi connectivity index (χ2v) is 6.67. The number of hydrazone groups is 1. The quantitative estimate of drug-likeness (QED) is 0.192. The summed E-state index contributed by atoms with van der Waals surface area (Å²) in [5.74, 6) is -1.56. The Hall–Kier alpha value is -5.74. The van der Waals surface area contributed by atoms with E-state index in [0.717, 1.165) is 29.1 Å². The van der Waals surface area contributed by atoms with Crippen molar-refractivity contribution in [1.29, 1.82) is 0 Å². The molecule has 17 nitrogen and oxygen atoms in total. The van der Waals surface area contributed by atoms with Crippen LogP contribution in [0.25, 0.3) is 17.1 Å². The van der Waals surface area contributed by atoms with Gasteiger partial charge in [-0.1, -0.05) is 5.21 Å². The minimum atomic E-state index is -0.882. The molecule has 0 aliphatic heterocycles. The number of hydrogen-bond acceptors (Lipinski definition) is 13. The smallest absolute Gasteiger partial charge is 0.292 e. The van der Waals surface area contributed by atoms with Crippen molar-refractivity contribution in [3.63, 3.8) is 0 Å². The van der Waals surface area contributed by atoms with Gasteiger partial charge >= 0.3 is 0 Å². The zero-order chi connectivity index (χ0) is 25.1. The first-order chi connectivity index (χ1) is 16.8. The largest absolute Gasteiger partial charge is 0.507 e. The Balaban J connectivity index is 1.70. The molecule has 2 aromatic carbocycles. The van der Waals surface area contributed by atoms with E-state index in [2.05, 4.69) is 35.8 Å². The van der Waals surface area contributed by atoms with E-state index >= 15 is 0 Å². The predicted octanol–water partition coefficient (Wildman–Crippen LogP) is 1.19. The van der Waals surface area contributed by atoms with Gasteiger partial charge in [-0.3, -0.25) is 25.0 Å². The fourth-order valence-electron chi connectivity index (χ4n) is 2.88. The number of phenols is 1. The SMILES string of the molecule is Nc1nonc1-n1nnc(-c2ccc([N+](=O)[O-])cc2)c1C(=O)N/N=C\c1cc([N+](=O)[O-])ccc1O. The second-order valence-electron chi connectivity index (χ2n) is 6.67. The second kappa shape index (κ2) is 9.02. The van der Waals surface area contributed by atoms with Crippen LogP contribution in [0.4, 0.5) is 17.2 Å². The minimum absolute atomic E-state index is 0.00630. The molecule has 0 spiro atoms. The van der Waals surface area contributed by atoms with E-state index in [1.807, 2.05) is 0 Å². The molecule has 17 heteroatoms. The van der Waals surface area contributed by atoms with Crippen LogP contribution in [-0.4, -0.2) is 52.4 Å². The average molecular weight is 480 g/mol. The monoisotopic (exact) mass is 480 g/mol. The number of nitrogen functional groups attached to an aromatic ring is 1. The van der Waals surface area contributed by atoms with Crippen molar-refractivity contribution in [2.45, 2.75) is 0 Å². The molecule has 0 aliphatic carbocycles. The van der Waals surface area contributed by atoms with Crippen LogP contribution >= 0.6 is 0 Å². The predicted molar refractivity (Wildman–Crippen MR) is 116 cm³/mol. The highest BCUT2D eigenvalue weighted by Crippen LogP contribution is 2.26. The maximum atomic E-state index is 13.0. The van der Waals surface area contributed by atoms with Gasteiger partial charge in [0.2, 0.25) is 11.6 Å². The number of anilines is 1. The number of amides is 1. The first-order valence-electron chi connectivity index (χ1n) is 9.36. The summed E-state index contributed by atoms with van der Waals surface area (Å²) >= 11 is 0. The summed E-state index contributed by atoms with van der Waals surface area (Å²) in [5.41, 5.74) is 7.43. The van der Waals surface area contributed by atoms with Crippen LogP contribution in [0.5, 0.6) is 5.75 Å². The van der Waals surface area contributed by atoms with Crippen LogP contribution in [0, 0.1) is 20.2 Å². The molecule has 2 aromatic heterocycles. The van der Waals surface area contributed by atoms with Gasteiger partial charge in [0.05, 0.1) is 16.1 Å². The number of nitro benzene ring substituents is 2. The number of nitrogens with two attached hydrogens (primary N) is 1. The first-order valence-corrected chi connectivity index (χ1v) is 9.36. The Morgan fingerprint density at radius 2 is 1.80 bits per heavy atom. The molecule has 0 saturated heterocycles. The Morgan fingerprint density at radius 3 is 2.43 bits per heavy atom. The van der Waals surface area contributed by atoms with Crippen LogP contribution in [0.2, 0.25) is 0 Å². The third-order valence-corrected chi connectivity index (χ3v) is 4.52. The molecule has 1 amide bonds. The normalized spacial score (nSPS) is 11.0. The fourth-order valence-corrected chi connectivity index (χ4v) is 2.88. The average Bonchev–Trinajstić information content (AvgIpc) is 3.46. The highest BCUT2D eigenvalue weighted by molar-refractivity contribution is 5.99. The van der Waals surface area contributed by atoms with Crippen LogP contribution in [-0.2, 0) is 0 Å². The van der Waals surface area contributed by atoms with E-state index in [4.69, 9.17) is 5.73 Å². The molecule has 0 radical (unpaired) electrons. The van der Waals surface area contributed by atoms with Crippen molar-refractivity contribution >= 4 is 29.3 Å². The lowest BCUT2D eigenvalue weighted by atomic mass is 10.1. The zero-order valence-electron chi connectivity index (χ0n) is 17.2. The molecule has 0 unspecified atom stereocenters. The summed E-state index contributed by atoms with van der Waals surface area (Å²) in [4.78, 5) is 33.7. The number of benzene rings is 2. The van der Waals surface area contributed by atoms with Gasteiger partial charge in [-0.15, -0.1) is 5.10 Å². The summed E-state index contributed by atoms with van der Waals surface area (Å²) in [7, 11) is 0. The molecule has 0 saturated carbocycles. The third kappa shape index (κ3) is 4.44. The van der Waals surface area contributed by atoms with Crippen molar-refractivity contribution in [1.82, 2.24) is 30.7 Å². The molecule has 0 aliphatic rings.